The van der Waals surface area contributed by atoms with E-state index in [1.807, 2.05) is 37.3 Å². The van der Waals surface area contributed by atoms with Crippen LogP contribution >= 0.6 is 11.6 Å². The fraction of sp³-hybridized carbons (Fsp3) is 0.292. The van der Waals surface area contributed by atoms with Crippen LogP contribution in [-0.4, -0.2) is 62.4 Å². The van der Waals surface area contributed by atoms with Crippen molar-refractivity contribution in [1.29, 1.82) is 0 Å². The zero-order valence-electron chi connectivity index (χ0n) is 18.4. The Morgan fingerprint density at radius 3 is 2.58 bits per heavy atom. The van der Waals surface area contributed by atoms with E-state index >= 15 is 0 Å². The number of carbonyl (C=O) groups is 2. The van der Waals surface area contributed by atoms with E-state index in [1.165, 1.54) is 6.20 Å². The van der Waals surface area contributed by atoms with Gasteiger partial charge in [-0.25, -0.2) is 9.59 Å². The molecule has 0 aliphatic carbocycles. The van der Waals surface area contributed by atoms with E-state index in [2.05, 4.69) is 16.1 Å². The molecule has 2 heterocycles. The number of carbonyl (C=O) groups excluding carboxylic acids is 1. The van der Waals surface area contributed by atoms with Gasteiger partial charge in [0.1, 0.15) is 11.5 Å². The molecule has 0 saturated carbocycles. The number of aromatic carboxylic acids is 1. The molecule has 172 valence electrons. The summed E-state index contributed by atoms with van der Waals surface area (Å²) in [4.78, 5) is 28.1. The van der Waals surface area contributed by atoms with Gasteiger partial charge in [0, 0.05) is 49.0 Å². The molecule has 8 nitrogen and oxygen atoms in total. The van der Waals surface area contributed by atoms with Gasteiger partial charge in [0.2, 0.25) is 0 Å². The maximum absolute atomic E-state index is 12.9. The molecular weight excluding hydrogens is 444 g/mol. The minimum atomic E-state index is -1.14. The fourth-order valence-corrected chi connectivity index (χ4v) is 4.09. The first kappa shape index (κ1) is 22.8. The first-order chi connectivity index (χ1) is 15.8. The Morgan fingerprint density at radius 2 is 1.91 bits per heavy atom. The highest BCUT2D eigenvalue weighted by Gasteiger charge is 2.29. The van der Waals surface area contributed by atoms with E-state index in [1.54, 1.807) is 24.0 Å². The van der Waals surface area contributed by atoms with Gasteiger partial charge in [-0.05, 0) is 55.8 Å². The standard InChI is InChI=1S/C24H25ClN4O4/c1-16-13-29(26-22(16)23(30)31)24(32)28-11-10-27(14-17(28)2)15-18-4-3-5-21(12-18)33-20-8-6-19(25)7-9-20/h3-9,12-13,17H,10-11,14-15H2,1-2H3,(H,30,31)/t17-/m0/s1. The second-order valence-corrected chi connectivity index (χ2v) is 8.61. The number of ether oxygens (including phenoxy) is 1. The summed E-state index contributed by atoms with van der Waals surface area (Å²) >= 11 is 5.93. The smallest absolute Gasteiger partial charge is 0.356 e. The number of piperazine rings is 1. The zero-order chi connectivity index (χ0) is 23.5. The van der Waals surface area contributed by atoms with Gasteiger partial charge < -0.3 is 14.7 Å². The van der Waals surface area contributed by atoms with Crippen LogP contribution in [0.5, 0.6) is 11.5 Å². The lowest BCUT2D eigenvalue weighted by atomic mass is 10.1. The Hall–Kier alpha value is -3.36. The lowest BCUT2D eigenvalue weighted by molar-refractivity contribution is 0.0688. The first-order valence-electron chi connectivity index (χ1n) is 10.7. The van der Waals surface area contributed by atoms with Crippen molar-refractivity contribution in [3.05, 3.63) is 76.6 Å². The normalized spacial score (nSPS) is 16.6. The molecule has 1 fully saturated rings. The monoisotopic (exact) mass is 468 g/mol. The molecule has 33 heavy (non-hydrogen) atoms. The van der Waals surface area contributed by atoms with Crippen molar-refractivity contribution >= 4 is 23.6 Å². The second kappa shape index (κ2) is 9.64. The Kier molecular flexibility index (Phi) is 6.67. The number of carboxylic acids is 1. The highest BCUT2D eigenvalue weighted by atomic mass is 35.5. The Labute approximate surface area is 196 Å². The first-order valence-corrected chi connectivity index (χ1v) is 11.0. The molecule has 3 aromatic rings. The van der Waals surface area contributed by atoms with E-state index in [9.17, 15) is 14.7 Å². The average molecular weight is 469 g/mol. The SMILES string of the molecule is Cc1cn(C(=O)N2CCN(Cc3cccc(Oc4ccc(Cl)cc4)c3)C[C@@H]2C)nc1C(=O)O. The predicted octanol–water partition coefficient (Wildman–Crippen LogP) is 4.51. The van der Waals surface area contributed by atoms with E-state index in [0.717, 1.165) is 28.3 Å². The van der Waals surface area contributed by atoms with E-state index in [0.29, 0.717) is 30.2 Å². The van der Waals surface area contributed by atoms with Crippen molar-refractivity contribution in [1.82, 2.24) is 19.6 Å². The summed E-state index contributed by atoms with van der Waals surface area (Å²) in [7, 11) is 0. The highest BCUT2D eigenvalue weighted by Crippen LogP contribution is 2.25. The number of halogens is 1. The number of nitrogens with zero attached hydrogens (tertiary/aromatic N) is 4. The number of aromatic nitrogens is 2. The maximum Gasteiger partial charge on any atom is 0.356 e. The van der Waals surface area contributed by atoms with Gasteiger partial charge >= 0.3 is 12.0 Å². The summed E-state index contributed by atoms with van der Waals surface area (Å²) in [5.41, 5.74) is 1.47. The van der Waals surface area contributed by atoms with Gasteiger partial charge in [-0.15, -0.1) is 0 Å². The summed E-state index contributed by atoms with van der Waals surface area (Å²) in [5.74, 6) is 0.330. The average Bonchev–Trinajstić information content (AvgIpc) is 3.17. The molecule has 1 aromatic heterocycles. The lowest BCUT2D eigenvalue weighted by Gasteiger charge is -2.39. The van der Waals surface area contributed by atoms with E-state index in [4.69, 9.17) is 16.3 Å². The molecule has 1 amide bonds. The van der Waals surface area contributed by atoms with Gasteiger partial charge in [0.25, 0.3) is 0 Å². The van der Waals surface area contributed by atoms with Gasteiger partial charge in [-0.3, -0.25) is 4.90 Å². The number of hydrogen-bond acceptors (Lipinski definition) is 5. The molecule has 0 unspecified atom stereocenters. The molecule has 0 spiro atoms. The van der Waals surface area contributed by atoms with Crippen molar-refractivity contribution in [2.45, 2.75) is 26.4 Å². The van der Waals surface area contributed by atoms with Crippen LogP contribution in [0.15, 0.2) is 54.7 Å². The molecule has 0 radical (unpaired) electrons. The van der Waals surface area contributed by atoms with E-state index < -0.39 is 5.97 Å². The van der Waals surface area contributed by atoms with Crippen LogP contribution in [0, 0.1) is 6.92 Å². The highest BCUT2D eigenvalue weighted by molar-refractivity contribution is 6.30. The molecule has 1 aliphatic heterocycles. The number of rotatable bonds is 5. The minimum absolute atomic E-state index is 0.0439. The number of carboxylic acid groups (broad SMARTS) is 1. The van der Waals surface area contributed by atoms with E-state index in [-0.39, 0.29) is 17.8 Å². The zero-order valence-corrected chi connectivity index (χ0v) is 19.2. The number of hydrogen-bond donors (Lipinski definition) is 1. The van der Waals surface area contributed by atoms with Crippen molar-refractivity contribution in [3.63, 3.8) is 0 Å². The lowest BCUT2D eigenvalue weighted by Crippen LogP contribution is -2.54. The summed E-state index contributed by atoms with van der Waals surface area (Å²) in [6.45, 7) is 6.27. The van der Waals surface area contributed by atoms with Crippen LogP contribution in [0.3, 0.4) is 0 Å². The molecule has 2 aromatic carbocycles. The van der Waals surface area contributed by atoms with Crippen molar-refractivity contribution in [3.8, 4) is 11.5 Å². The predicted molar refractivity (Wildman–Crippen MR) is 124 cm³/mol. The van der Waals surface area contributed by atoms with Crippen LogP contribution < -0.4 is 4.74 Å². The van der Waals surface area contributed by atoms with Crippen LogP contribution in [0.1, 0.15) is 28.5 Å². The maximum atomic E-state index is 12.9. The summed E-state index contributed by atoms with van der Waals surface area (Å²) in [5, 5.41) is 13.8. The Morgan fingerprint density at radius 1 is 1.15 bits per heavy atom. The van der Waals surface area contributed by atoms with Gasteiger partial charge in [0.05, 0.1) is 0 Å². The minimum Gasteiger partial charge on any atom is -0.476 e. The van der Waals surface area contributed by atoms with Crippen molar-refractivity contribution in [2.24, 2.45) is 0 Å². The van der Waals surface area contributed by atoms with Gasteiger partial charge in [0.15, 0.2) is 5.69 Å². The molecule has 4 rings (SSSR count). The molecular formula is C24H25ClN4O4. The van der Waals surface area contributed by atoms with Crippen LogP contribution in [0.2, 0.25) is 5.02 Å². The van der Waals surface area contributed by atoms with Gasteiger partial charge in [-0.2, -0.15) is 9.78 Å². The topological polar surface area (TPSA) is 87.9 Å². The quantitative estimate of drug-likeness (QED) is 0.592. The summed E-state index contributed by atoms with van der Waals surface area (Å²) < 4.78 is 7.06. The molecule has 1 N–H and O–H groups in total. The number of amides is 1. The molecule has 1 aliphatic rings. The van der Waals surface area contributed by atoms with Gasteiger partial charge in [-0.1, -0.05) is 23.7 Å². The van der Waals surface area contributed by atoms with Crippen molar-refractivity contribution in [2.75, 3.05) is 19.6 Å². The third-order valence-corrected chi connectivity index (χ3v) is 5.86. The third-order valence-electron chi connectivity index (χ3n) is 5.61. The Balaban J connectivity index is 1.37. The third kappa shape index (κ3) is 5.35. The summed E-state index contributed by atoms with van der Waals surface area (Å²) in [6, 6.07) is 14.8. The molecule has 1 atom stereocenters. The van der Waals surface area contributed by atoms with Crippen molar-refractivity contribution < 1.29 is 19.4 Å². The largest absolute Gasteiger partial charge is 0.476 e. The second-order valence-electron chi connectivity index (χ2n) is 8.17. The summed E-state index contributed by atoms with van der Waals surface area (Å²) in [6.07, 6.45) is 1.47. The van der Waals surface area contributed by atoms with Crippen LogP contribution in [0.25, 0.3) is 0 Å². The van der Waals surface area contributed by atoms with Crippen LogP contribution in [-0.2, 0) is 6.54 Å². The Bertz CT molecular complexity index is 1160. The molecule has 0 bridgehead atoms. The fourth-order valence-electron chi connectivity index (χ4n) is 3.97. The number of benzene rings is 2. The van der Waals surface area contributed by atoms with Crippen LogP contribution in [0.4, 0.5) is 4.79 Å². The molecule has 9 heteroatoms. The number of aryl methyl sites for hydroxylation is 1. The molecule has 1 saturated heterocycles.